The van der Waals surface area contributed by atoms with Gasteiger partial charge in [0, 0.05) is 47.6 Å². The van der Waals surface area contributed by atoms with Crippen LogP contribution < -0.4 is 21.0 Å². The number of carbonyl (C=O) groups excluding carboxylic acids is 2. The zero-order valence-corrected chi connectivity index (χ0v) is 23.1. The van der Waals surface area contributed by atoms with Crippen LogP contribution in [0.5, 0.6) is 5.75 Å². The lowest BCUT2D eigenvalue weighted by Gasteiger charge is -2.23. The number of hydrazine groups is 1. The summed E-state index contributed by atoms with van der Waals surface area (Å²) in [6.07, 6.45) is 9.49. The van der Waals surface area contributed by atoms with E-state index in [2.05, 4.69) is 10.7 Å². The fourth-order valence-corrected chi connectivity index (χ4v) is 5.17. The molecule has 0 saturated carbocycles. The Balaban J connectivity index is 1.55. The van der Waals surface area contributed by atoms with Gasteiger partial charge in [-0.05, 0) is 54.0 Å². The molecular weight excluding hydrogens is 528 g/mol. The highest BCUT2D eigenvalue weighted by Crippen LogP contribution is 2.34. The predicted octanol–water partition coefficient (Wildman–Crippen LogP) is 4.44. The fourth-order valence-electron chi connectivity index (χ4n) is 4.99. The zero-order chi connectivity index (χ0) is 28.4. The van der Waals surface area contributed by atoms with Gasteiger partial charge >= 0.3 is 0 Å². The number of amides is 1. The molecule has 0 radical (unpaired) electrons. The summed E-state index contributed by atoms with van der Waals surface area (Å²) in [6, 6.07) is 14.9. The van der Waals surface area contributed by atoms with Crippen LogP contribution in [0.3, 0.4) is 0 Å². The molecule has 8 nitrogen and oxygen atoms in total. The Kier molecular flexibility index (Phi) is 7.73. The number of pyridine rings is 1. The lowest BCUT2D eigenvalue weighted by Crippen LogP contribution is -2.38. The number of fused-ring (bicyclic) bond motifs is 1. The lowest BCUT2D eigenvalue weighted by molar-refractivity contribution is -0.123. The minimum Gasteiger partial charge on any atom is -0.495 e. The summed E-state index contributed by atoms with van der Waals surface area (Å²) in [6.45, 7) is 1.45. The van der Waals surface area contributed by atoms with Gasteiger partial charge in [-0.2, -0.15) is 0 Å². The molecule has 2 aromatic carbocycles. The standard InChI is InChI=1S/C31H29ClN4O4/c1-19(37)24-11-9-22(32)15-25(24)26-16-30(38)36(18-29(26)40-3)28(13-20-7-5-4-6-8-20)31(39)33-23-10-12-27-21(14-23)17-35(2)34-27/h4-12,14-18,27-28,34H,13H2,1-3H3,(H,33,39). The molecule has 2 unspecified atom stereocenters. The molecule has 1 aliphatic heterocycles. The molecule has 1 aromatic heterocycles. The van der Waals surface area contributed by atoms with E-state index in [1.807, 2.05) is 66.8 Å². The first-order valence-corrected chi connectivity index (χ1v) is 13.2. The molecule has 2 heterocycles. The van der Waals surface area contributed by atoms with Gasteiger partial charge in [-0.3, -0.25) is 19.0 Å². The summed E-state index contributed by atoms with van der Waals surface area (Å²) in [5.74, 6) is -0.184. The van der Waals surface area contributed by atoms with E-state index in [0.717, 1.165) is 11.1 Å². The number of nitrogens with one attached hydrogen (secondary N) is 2. The average molecular weight is 557 g/mol. The van der Waals surface area contributed by atoms with Gasteiger partial charge in [0.2, 0.25) is 5.91 Å². The summed E-state index contributed by atoms with van der Waals surface area (Å²) < 4.78 is 7.05. The van der Waals surface area contributed by atoms with Gasteiger partial charge in [0.05, 0.1) is 19.3 Å². The Morgan fingerprint density at radius 2 is 1.90 bits per heavy atom. The van der Waals surface area contributed by atoms with E-state index in [-0.39, 0.29) is 24.2 Å². The van der Waals surface area contributed by atoms with Crippen molar-refractivity contribution in [2.75, 3.05) is 14.2 Å². The first-order chi connectivity index (χ1) is 19.2. The van der Waals surface area contributed by atoms with Crippen LogP contribution in [0.25, 0.3) is 11.1 Å². The number of hydrogen-bond acceptors (Lipinski definition) is 6. The molecule has 9 heteroatoms. The Morgan fingerprint density at radius 3 is 2.62 bits per heavy atom. The van der Waals surface area contributed by atoms with Gasteiger partial charge in [-0.15, -0.1) is 0 Å². The van der Waals surface area contributed by atoms with Gasteiger partial charge in [0.15, 0.2) is 5.78 Å². The number of carbonyl (C=O) groups is 2. The molecular formula is C31H29ClN4O4. The number of hydrogen-bond donors (Lipinski definition) is 2. The molecule has 3 aromatic rings. The van der Waals surface area contributed by atoms with Crippen LogP contribution in [0, 0.1) is 0 Å². The number of rotatable bonds is 8. The summed E-state index contributed by atoms with van der Waals surface area (Å²) in [7, 11) is 3.39. The van der Waals surface area contributed by atoms with Crippen molar-refractivity contribution in [3.63, 3.8) is 0 Å². The number of allylic oxidation sites excluding steroid dienone is 1. The number of Topliss-reactive ketones (excluding diaryl/α,β-unsaturated/α-hetero) is 1. The molecule has 2 atom stereocenters. The largest absolute Gasteiger partial charge is 0.495 e. The van der Waals surface area contributed by atoms with Crippen LogP contribution >= 0.6 is 11.6 Å². The Hall–Kier alpha value is -4.40. The van der Waals surface area contributed by atoms with E-state index < -0.39 is 11.6 Å². The van der Waals surface area contributed by atoms with E-state index in [9.17, 15) is 14.4 Å². The van der Waals surface area contributed by atoms with Crippen molar-refractivity contribution in [1.82, 2.24) is 20.3 Å². The highest BCUT2D eigenvalue weighted by molar-refractivity contribution is 6.31. The van der Waals surface area contributed by atoms with Crippen LogP contribution in [0.1, 0.15) is 28.9 Å². The maximum Gasteiger partial charge on any atom is 0.252 e. The number of methoxy groups -OCH3 is 1. The Labute approximate surface area is 237 Å². The van der Waals surface area contributed by atoms with Gasteiger partial charge < -0.3 is 15.1 Å². The van der Waals surface area contributed by atoms with Gasteiger partial charge in [-0.25, -0.2) is 5.43 Å². The SMILES string of the molecule is COc1cn(C(Cc2ccccc2)C(=O)NC2=CC3=CN(C)NC3C=C2)c(=O)cc1-c1cc(Cl)ccc1C(C)=O. The van der Waals surface area contributed by atoms with Crippen molar-refractivity contribution in [1.29, 1.82) is 0 Å². The number of benzene rings is 2. The molecule has 2 aliphatic rings. The van der Waals surface area contributed by atoms with Crippen LogP contribution in [-0.2, 0) is 11.2 Å². The summed E-state index contributed by atoms with van der Waals surface area (Å²) in [5.41, 5.74) is 6.71. The highest BCUT2D eigenvalue weighted by Gasteiger charge is 2.27. The maximum absolute atomic E-state index is 13.8. The minimum absolute atomic E-state index is 0.0524. The zero-order valence-electron chi connectivity index (χ0n) is 22.4. The van der Waals surface area contributed by atoms with Crippen molar-refractivity contribution in [2.24, 2.45) is 0 Å². The number of nitrogens with zero attached hydrogens (tertiary/aromatic N) is 2. The first-order valence-electron chi connectivity index (χ1n) is 12.8. The molecule has 1 aliphatic carbocycles. The number of ketones is 1. The summed E-state index contributed by atoms with van der Waals surface area (Å²) in [4.78, 5) is 39.7. The second kappa shape index (κ2) is 11.4. The van der Waals surface area contributed by atoms with E-state index in [1.165, 1.54) is 30.9 Å². The molecule has 204 valence electrons. The van der Waals surface area contributed by atoms with Gasteiger partial charge in [-0.1, -0.05) is 48.0 Å². The Bertz CT molecular complexity index is 1620. The third-order valence-electron chi connectivity index (χ3n) is 6.93. The van der Waals surface area contributed by atoms with Crippen molar-refractivity contribution in [3.05, 3.63) is 123 Å². The second-order valence-electron chi connectivity index (χ2n) is 9.75. The van der Waals surface area contributed by atoms with Gasteiger partial charge in [0.1, 0.15) is 11.8 Å². The van der Waals surface area contributed by atoms with Crippen molar-refractivity contribution in [2.45, 2.75) is 25.4 Å². The molecule has 0 saturated heterocycles. The molecule has 5 rings (SSSR count). The first kappa shape index (κ1) is 27.2. The number of halogens is 1. The van der Waals surface area contributed by atoms with Crippen molar-refractivity contribution < 1.29 is 14.3 Å². The van der Waals surface area contributed by atoms with Crippen molar-refractivity contribution in [3.8, 4) is 16.9 Å². The molecule has 0 spiro atoms. The summed E-state index contributed by atoms with van der Waals surface area (Å²) >= 11 is 6.24. The smallest absolute Gasteiger partial charge is 0.252 e. The Morgan fingerprint density at radius 1 is 1.12 bits per heavy atom. The second-order valence-corrected chi connectivity index (χ2v) is 10.2. The van der Waals surface area contributed by atoms with Crippen LogP contribution in [0.2, 0.25) is 5.02 Å². The average Bonchev–Trinajstić information content (AvgIpc) is 3.31. The van der Waals surface area contributed by atoms with Crippen LogP contribution in [-0.4, -0.2) is 41.5 Å². The van der Waals surface area contributed by atoms with E-state index in [4.69, 9.17) is 16.3 Å². The highest BCUT2D eigenvalue weighted by atomic mass is 35.5. The van der Waals surface area contributed by atoms with Gasteiger partial charge in [0.25, 0.3) is 5.56 Å². The predicted molar refractivity (Wildman–Crippen MR) is 155 cm³/mol. The molecule has 0 fully saturated rings. The third kappa shape index (κ3) is 5.64. The maximum atomic E-state index is 13.8. The van der Waals surface area contributed by atoms with Crippen LogP contribution in [0.15, 0.2) is 101 Å². The normalized spacial score (nSPS) is 16.6. The topological polar surface area (TPSA) is 92.7 Å². The van der Waals surface area contributed by atoms with E-state index in [0.29, 0.717) is 33.2 Å². The van der Waals surface area contributed by atoms with Crippen LogP contribution in [0.4, 0.5) is 0 Å². The quantitative estimate of drug-likeness (QED) is 0.399. The van der Waals surface area contributed by atoms with E-state index in [1.54, 1.807) is 18.2 Å². The molecule has 40 heavy (non-hydrogen) atoms. The molecule has 1 amide bonds. The monoisotopic (exact) mass is 556 g/mol. The third-order valence-corrected chi connectivity index (χ3v) is 7.16. The summed E-state index contributed by atoms with van der Waals surface area (Å²) in [5, 5.41) is 5.28. The van der Waals surface area contributed by atoms with E-state index >= 15 is 0 Å². The molecule has 0 bridgehead atoms. The number of ether oxygens (including phenoxy) is 1. The number of aromatic nitrogens is 1. The fraction of sp³-hybridized carbons (Fsp3) is 0.194. The lowest BCUT2D eigenvalue weighted by atomic mass is 9.97. The minimum atomic E-state index is -0.880. The van der Waals surface area contributed by atoms with Crippen molar-refractivity contribution >= 4 is 23.3 Å². The molecule has 2 N–H and O–H groups in total.